The molecule has 7 heteroatoms. The number of carboxylic acid groups (broad SMARTS) is 1. The molecule has 0 aliphatic carbocycles. The predicted molar refractivity (Wildman–Crippen MR) is 74.8 cm³/mol. The van der Waals surface area contributed by atoms with E-state index >= 15 is 0 Å². The second-order valence-electron chi connectivity index (χ2n) is 4.57. The van der Waals surface area contributed by atoms with Gasteiger partial charge in [-0.25, -0.2) is 9.48 Å². The molecule has 7 nitrogen and oxygen atoms in total. The summed E-state index contributed by atoms with van der Waals surface area (Å²) in [4.78, 5) is 27.0. The standard InChI is InChI=1S/C14H15N3O4/c1-8-6-15-11(9(2)13(8)21-3)7-17-12(18)5-4-10(16-17)14(19)20/h4-6H,7H2,1-3H3,(H,19,20). The van der Waals surface area contributed by atoms with Crippen LogP contribution in [0.3, 0.4) is 0 Å². The quantitative estimate of drug-likeness (QED) is 0.902. The number of carboxylic acids is 1. The van der Waals surface area contributed by atoms with Gasteiger partial charge in [-0.2, -0.15) is 5.10 Å². The van der Waals surface area contributed by atoms with Crippen molar-refractivity contribution in [3.63, 3.8) is 0 Å². The first kappa shape index (κ1) is 14.7. The van der Waals surface area contributed by atoms with Crippen LogP contribution in [0.15, 0.2) is 23.1 Å². The SMILES string of the molecule is COc1c(C)cnc(Cn2nc(C(=O)O)ccc2=O)c1C. The first-order chi connectivity index (χ1) is 9.93. The Kier molecular flexibility index (Phi) is 4.02. The third kappa shape index (κ3) is 2.91. The number of rotatable bonds is 4. The molecule has 0 bridgehead atoms. The molecule has 2 heterocycles. The number of pyridine rings is 1. The summed E-state index contributed by atoms with van der Waals surface area (Å²) in [6.45, 7) is 3.79. The highest BCUT2D eigenvalue weighted by Gasteiger charge is 2.12. The van der Waals surface area contributed by atoms with Crippen molar-refractivity contribution in [2.75, 3.05) is 7.11 Å². The lowest BCUT2D eigenvalue weighted by molar-refractivity contribution is 0.0687. The molecule has 2 rings (SSSR count). The molecule has 0 amide bonds. The molecule has 0 atom stereocenters. The lowest BCUT2D eigenvalue weighted by Crippen LogP contribution is -2.25. The maximum atomic E-state index is 11.8. The molecule has 0 saturated carbocycles. The van der Waals surface area contributed by atoms with Crippen LogP contribution in [0.5, 0.6) is 5.75 Å². The van der Waals surface area contributed by atoms with Gasteiger partial charge in [0.05, 0.1) is 19.3 Å². The number of aryl methyl sites for hydroxylation is 1. The summed E-state index contributed by atoms with van der Waals surface area (Å²) in [6, 6.07) is 2.36. The Hall–Kier alpha value is -2.70. The number of aromatic nitrogens is 3. The Morgan fingerprint density at radius 1 is 1.38 bits per heavy atom. The lowest BCUT2D eigenvalue weighted by Gasteiger charge is -2.12. The van der Waals surface area contributed by atoms with E-state index in [0.717, 1.165) is 15.8 Å². The number of hydrogen-bond acceptors (Lipinski definition) is 5. The number of methoxy groups -OCH3 is 1. The van der Waals surface area contributed by atoms with Gasteiger partial charge >= 0.3 is 5.97 Å². The fraction of sp³-hybridized carbons (Fsp3) is 0.286. The van der Waals surface area contributed by atoms with E-state index in [1.165, 1.54) is 12.1 Å². The zero-order chi connectivity index (χ0) is 15.6. The minimum atomic E-state index is -1.19. The highest BCUT2D eigenvalue weighted by atomic mass is 16.5. The topological polar surface area (TPSA) is 94.3 Å². The van der Waals surface area contributed by atoms with E-state index in [1.54, 1.807) is 13.3 Å². The second-order valence-corrected chi connectivity index (χ2v) is 4.57. The van der Waals surface area contributed by atoms with Gasteiger partial charge in [0.1, 0.15) is 5.75 Å². The van der Waals surface area contributed by atoms with Crippen LogP contribution in [-0.4, -0.2) is 33.0 Å². The highest BCUT2D eigenvalue weighted by Crippen LogP contribution is 2.24. The van der Waals surface area contributed by atoms with E-state index in [9.17, 15) is 9.59 Å². The van der Waals surface area contributed by atoms with Crippen molar-refractivity contribution in [1.82, 2.24) is 14.8 Å². The molecule has 2 aromatic rings. The highest BCUT2D eigenvalue weighted by molar-refractivity contribution is 5.84. The zero-order valence-corrected chi connectivity index (χ0v) is 12.0. The van der Waals surface area contributed by atoms with Crippen LogP contribution < -0.4 is 10.3 Å². The fourth-order valence-electron chi connectivity index (χ4n) is 2.05. The van der Waals surface area contributed by atoms with Crippen molar-refractivity contribution in [3.05, 3.63) is 51.2 Å². The number of hydrogen-bond donors (Lipinski definition) is 1. The van der Waals surface area contributed by atoms with E-state index < -0.39 is 5.97 Å². The minimum Gasteiger partial charge on any atom is -0.496 e. The third-order valence-corrected chi connectivity index (χ3v) is 3.14. The molecule has 0 aliphatic rings. The Morgan fingerprint density at radius 3 is 2.71 bits per heavy atom. The van der Waals surface area contributed by atoms with Gasteiger partial charge in [-0.3, -0.25) is 9.78 Å². The van der Waals surface area contributed by atoms with Gasteiger partial charge < -0.3 is 9.84 Å². The molecule has 21 heavy (non-hydrogen) atoms. The smallest absolute Gasteiger partial charge is 0.356 e. The molecule has 1 N–H and O–H groups in total. The molecular weight excluding hydrogens is 274 g/mol. The van der Waals surface area contributed by atoms with E-state index in [1.807, 2.05) is 13.8 Å². The average Bonchev–Trinajstić information content (AvgIpc) is 2.44. The van der Waals surface area contributed by atoms with Crippen molar-refractivity contribution in [1.29, 1.82) is 0 Å². The summed E-state index contributed by atoms with van der Waals surface area (Å²) < 4.78 is 6.38. The Morgan fingerprint density at radius 2 is 2.10 bits per heavy atom. The van der Waals surface area contributed by atoms with Crippen LogP contribution in [-0.2, 0) is 6.54 Å². The van der Waals surface area contributed by atoms with Gasteiger partial charge in [0.15, 0.2) is 5.69 Å². The van der Waals surface area contributed by atoms with Crippen LogP contribution in [0.2, 0.25) is 0 Å². The van der Waals surface area contributed by atoms with E-state index in [0.29, 0.717) is 11.4 Å². The molecule has 0 aromatic carbocycles. The largest absolute Gasteiger partial charge is 0.496 e. The second kappa shape index (κ2) is 5.74. The van der Waals surface area contributed by atoms with Crippen molar-refractivity contribution in [2.24, 2.45) is 0 Å². The lowest BCUT2D eigenvalue weighted by atomic mass is 10.1. The molecule has 0 saturated heterocycles. The first-order valence-corrected chi connectivity index (χ1v) is 6.24. The Bertz CT molecular complexity index is 752. The molecular formula is C14H15N3O4. The average molecular weight is 289 g/mol. The van der Waals surface area contributed by atoms with Gasteiger partial charge in [-0.1, -0.05) is 0 Å². The maximum Gasteiger partial charge on any atom is 0.356 e. The van der Waals surface area contributed by atoms with Gasteiger partial charge in [-0.05, 0) is 19.9 Å². The number of ether oxygens (including phenoxy) is 1. The summed E-state index contributed by atoms with van der Waals surface area (Å²) in [5.74, 6) is -0.489. The predicted octanol–water partition coefficient (Wildman–Crippen LogP) is 1.01. The van der Waals surface area contributed by atoms with Crippen LogP contribution >= 0.6 is 0 Å². The van der Waals surface area contributed by atoms with Crippen LogP contribution in [0.25, 0.3) is 0 Å². The van der Waals surface area contributed by atoms with Crippen LogP contribution in [0, 0.1) is 13.8 Å². The molecule has 0 unspecified atom stereocenters. The number of nitrogens with zero attached hydrogens (tertiary/aromatic N) is 3. The normalized spacial score (nSPS) is 10.4. The first-order valence-electron chi connectivity index (χ1n) is 6.24. The summed E-state index contributed by atoms with van der Waals surface area (Å²) in [5.41, 5.74) is 1.71. The summed E-state index contributed by atoms with van der Waals surface area (Å²) in [6.07, 6.45) is 1.65. The summed E-state index contributed by atoms with van der Waals surface area (Å²) >= 11 is 0. The van der Waals surface area contributed by atoms with Gasteiger partial charge in [-0.15, -0.1) is 0 Å². The molecule has 0 fully saturated rings. The van der Waals surface area contributed by atoms with Gasteiger partial charge in [0.2, 0.25) is 0 Å². The molecule has 0 spiro atoms. The number of aromatic carboxylic acids is 1. The van der Waals surface area contributed by atoms with Crippen molar-refractivity contribution < 1.29 is 14.6 Å². The maximum absolute atomic E-state index is 11.8. The molecule has 110 valence electrons. The Balaban J connectivity index is 2.46. The fourth-order valence-corrected chi connectivity index (χ4v) is 2.05. The van der Waals surface area contributed by atoms with Crippen molar-refractivity contribution in [3.8, 4) is 5.75 Å². The minimum absolute atomic E-state index is 0.0857. The van der Waals surface area contributed by atoms with Crippen LogP contribution in [0.4, 0.5) is 0 Å². The van der Waals surface area contributed by atoms with E-state index in [2.05, 4.69) is 10.1 Å². The Labute approximate surface area is 120 Å². The molecule has 2 aromatic heterocycles. The molecule has 0 radical (unpaired) electrons. The zero-order valence-electron chi connectivity index (χ0n) is 12.0. The molecule has 0 aliphatic heterocycles. The number of carbonyl (C=O) groups is 1. The van der Waals surface area contributed by atoms with Gasteiger partial charge in [0, 0.05) is 23.4 Å². The summed E-state index contributed by atoms with van der Waals surface area (Å²) in [5, 5.41) is 12.7. The summed E-state index contributed by atoms with van der Waals surface area (Å²) in [7, 11) is 1.56. The van der Waals surface area contributed by atoms with E-state index in [-0.39, 0.29) is 17.8 Å². The van der Waals surface area contributed by atoms with Crippen LogP contribution in [0.1, 0.15) is 27.3 Å². The third-order valence-electron chi connectivity index (χ3n) is 3.14. The van der Waals surface area contributed by atoms with Gasteiger partial charge in [0.25, 0.3) is 5.56 Å². The van der Waals surface area contributed by atoms with Crippen molar-refractivity contribution >= 4 is 5.97 Å². The monoisotopic (exact) mass is 289 g/mol. The van der Waals surface area contributed by atoms with Crippen molar-refractivity contribution in [2.45, 2.75) is 20.4 Å². The van der Waals surface area contributed by atoms with E-state index in [4.69, 9.17) is 9.84 Å².